The Morgan fingerprint density at radius 3 is 1.83 bits per heavy atom. The minimum Gasteiger partial charge on any atom is -0.282 e. The van der Waals surface area contributed by atoms with Crippen molar-refractivity contribution in [2.45, 2.75) is 0 Å². The summed E-state index contributed by atoms with van der Waals surface area (Å²) in [6.07, 6.45) is 8.96. The minimum atomic E-state index is 0.727. The molecule has 0 saturated carbocycles. The third kappa shape index (κ3) is 2.58. The van der Waals surface area contributed by atoms with Crippen molar-refractivity contribution >= 4 is 0 Å². The first-order chi connectivity index (χ1) is 11.9. The van der Waals surface area contributed by atoms with Gasteiger partial charge in [0.05, 0.1) is 0 Å². The molecule has 0 atom stereocenters. The Morgan fingerprint density at radius 2 is 1.25 bits per heavy atom. The van der Waals surface area contributed by atoms with Crippen molar-refractivity contribution in [3.63, 3.8) is 0 Å². The smallest absolute Gasteiger partial charge is 0.172 e. The first-order valence-corrected chi connectivity index (χ1v) is 7.49. The van der Waals surface area contributed by atoms with Crippen molar-refractivity contribution < 1.29 is 0 Å². The molecule has 0 radical (unpaired) electrons. The monoisotopic (exact) mass is 317 g/mol. The van der Waals surface area contributed by atoms with Crippen LogP contribution >= 0.6 is 0 Å². The number of hydrogen-bond donors (Lipinski definition) is 1. The average Bonchev–Trinajstić information content (AvgIpc) is 2.69. The molecule has 0 spiro atoms. The van der Waals surface area contributed by atoms with Gasteiger partial charge >= 0.3 is 0 Å². The van der Waals surface area contributed by atoms with Gasteiger partial charge in [-0.2, -0.15) is 4.80 Å². The zero-order valence-corrected chi connectivity index (χ0v) is 12.8. The fourth-order valence-electron chi connectivity index (χ4n) is 2.38. The molecule has 0 aromatic carbocycles. The van der Waals surface area contributed by atoms with Crippen molar-refractivity contribution in [2.24, 2.45) is 0 Å². The van der Waals surface area contributed by atoms with Crippen LogP contribution in [0.4, 0.5) is 0 Å². The lowest BCUT2D eigenvalue weighted by Crippen LogP contribution is -2.26. The van der Waals surface area contributed by atoms with Crippen LogP contribution in [0.15, 0.2) is 85.6 Å². The van der Waals surface area contributed by atoms with Gasteiger partial charge in [0, 0.05) is 31.0 Å². The fourth-order valence-corrected chi connectivity index (χ4v) is 2.38. The predicted octanol–water partition coefficient (Wildman–Crippen LogP) is 2.70. The summed E-state index contributed by atoms with van der Waals surface area (Å²) in [4.78, 5) is 17.0. The van der Waals surface area contributed by atoms with Crippen LogP contribution in [0.5, 0.6) is 0 Å². The molecule has 0 aliphatic heterocycles. The molecule has 4 rings (SSSR count). The summed E-state index contributed by atoms with van der Waals surface area (Å²) >= 11 is 0. The molecular formula is C17H15N7. The van der Waals surface area contributed by atoms with Crippen molar-refractivity contribution in [3.8, 4) is 17.5 Å². The van der Waals surface area contributed by atoms with Gasteiger partial charge in [0.1, 0.15) is 0 Å². The van der Waals surface area contributed by atoms with E-state index in [-0.39, 0.29) is 0 Å². The Hall–Kier alpha value is -3.61. The van der Waals surface area contributed by atoms with E-state index >= 15 is 0 Å². The number of pyridine rings is 3. The van der Waals surface area contributed by atoms with Crippen LogP contribution in [-0.2, 0) is 0 Å². The van der Waals surface area contributed by atoms with E-state index in [0.29, 0.717) is 0 Å². The summed E-state index contributed by atoms with van der Waals surface area (Å²) in [5.74, 6) is 2.22. The Labute approximate surface area is 138 Å². The lowest BCUT2D eigenvalue weighted by molar-refractivity contribution is 0.465. The highest BCUT2D eigenvalue weighted by Crippen LogP contribution is 2.11. The van der Waals surface area contributed by atoms with E-state index in [0.717, 1.165) is 17.5 Å². The van der Waals surface area contributed by atoms with Gasteiger partial charge in [-0.1, -0.05) is 18.2 Å². The molecule has 0 saturated heterocycles. The number of nitrogens with one attached hydrogen (secondary N) is 1. The molecule has 4 heterocycles. The first-order valence-electron chi connectivity index (χ1n) is 7.49. The summed E-state index contributed by atoms with van der Waals surface area (Å²) in [5.41, 5.74) is 0. The van der Waals surface area contributed by atoms with Crippen LogP contribution in [0.3, 0.4) is 0 Å². The van der Waals surface area contributed by atoms with Crippen molar-refractivity contribution in [3.05, 3.63) is 85.6 Å². The maximum absolute atomic E-state index is 4.47. The molecule has 0 aliphatic rings. The standard InChI is InChI=1S/C17H15N7/c1-4-10-18-15(7-1)22-14-13-21-23(16-8-2-5-11-19-16)24(22)17-9-3-6-12-20-17/h1-14,21H. The van der Waals surface area contributed by atoms with Crippen LogP contribution < -0.4 is 0 Å². The number of hydrogen-bond acceptors (Lipinski definition) is 3. The summed E-state index contributed by atoms with van der Waals surface area (Å²) in [7, 11) is 0. The van der Waals surface area contributed by atoms with Crippen molar-refractivity contribution in [1.29, 1.82) is 0 Å². The van der Waals surface area contributed by atoms with Crippen LogP contribution in [0, 0.1) is 0 Å². The zero-order valence-electron chi connectivity index (χ0n) is 12.8. The zero-order chi connectivity index (χ0) is 16.2. The highest BCUT2D eigenvalue weighted by molar-refractivity contribution is 5.27. The Morgan fingerprint density at radius 1 is 0.667 bits per heavy atom. The topological polar surface area (TPSA) is 69.2 Å². The molecule has 118 valence electrons. The van der Waals surface area contributed by atoms with Crippen LogP contribution in [-0.4, -0.2) is 34.3 Å². The molecule has 0 amide bonds. The normalized spacial score (nSPS) is 10.5. The summed E-state index contributed by atoms with van der Waals surface area (Å²) in [6.45, 7) is 0. The van der Waals surface area contributed by atoms with Gasteiger partial charge < -0.3 is 0 Å². The van der Waals surface area contributed by atoms with Crippen molar-refractivity contribution in [2.75, 3.05) is 0 Å². The SMILES string of the molecule is c1ccc(-n2cc[nH]n(-c3ccccn3)n2-c2ccccn2)nc1. The van der Waals surface area contributed by atoms with Crippen LogP contribution in [0.2, 0.25) is 0 Å². The number of nitrogens with zero attached hydrogens (tertiary/aromatic N) is 6. The number of aromatic amines is 1. The quantitative estimate of drug-likeness (QED) is 0.631. The third-order valence-electron chi connectivity index (χ3n) is 3.41. The van der Waals surface area contributed by atoms with Gasteiger partial charge in [-0.05, 0) is 36.4 Å². The largest absolute Gasteiger partial charge is 0.282 e. The summed E-state index contributed by atoms with van der Waals surface area (Å²) in [5, 5.41) is 3.19. The lowest BCUT2D eigenvalue weighted by atomic mass is 10.4. The summed E-state index contributed by atoms with van der Waals surface area (Å²) < 4.78 is 1.90. The Bertz CT molecular complexity index is 886. The molecule has 24 heavy (non-hydrogen) atoms. The van der Waals surface area contributed by atoms with E-state index in [9.17, 15) is 0 Å². The first kappa shape index (κ1) is 14.0. The second kappa shape index (κ2) is 6.25. The number of H-pyrrole nitrogens is 1. The fraction of sp³-hybridized carbons (Fsp3) is 0. The molecule has 7 nitrogen and oxygen atoms in total. The Kier molecular flexibility index (Phi) is 3.65. The van der Waals surface area contributed by atoms with E-state index in [2.05, 4.69) is 20.1 Å². The molecule has 0 fully saturated rings. The number of rotatable bonds is 3. The highest BCUT2D eigenvalue weighted by atomic mass is 15.7. The molecule has 0 aliphatic carbocycles. The minimum absolute atomic E-state index is 0.727. The average molecular weight is 317 g/mol. The van der Waals surface area contributed by atoms with Gasteiger partial charge in [0.2, 0.25) is 0 Å². The van der Waals surface area contributed by atoms with Gasteiger partial charge in [0.25, 0.3) is 0 Å². The molecule has 4 aromatic rings. The number of aromatic nitrogens is 7. The second-order valence-corrected chi connectivity index (χ2v) is 4.95. The molecule has 7 heteroatoms. The van der Waals surface area contributed by atoms with Crippen LogP contribution in [0.1, 0.15) is 0 Å². The maximum Gasteiger partial charge on any atom is 0.172 e. The van der Waals surface area contributed by atoms with E-state index in [1.54, 1.807) is 23.4 Å². The Balaban J connectivity index is 2.02. The highest BCUT2D eigenvalue weighted by Gasteiger charge is 2.10. The molecule has 0 bridgehead atoms. The second-order valence-electron chi connectivity index (χ2n) is 4.95. The van der Waals surface area contributed by atoms with Crippen LogP contribution in [0.25, 0.3) is 17.5 Å². The molecule has 4 aromatic heterocycles. The summed E-state index contributed by atoms with van der Waals surface area (Å²) in [6, 6.07) is 17.2. The van der Waals surface area contributed by atoms with Gasteiger partial charge in [0.15, 0.2) is 17.5 Å². The third-order valence-corrected chi connectivity index (χ3v) is 3.41. The van der Waals surface area contributed by atoms with Gasteiger partial charge in [-0.25, -0.2) is 19.6 Å². The predicted molar refractivity (Wildman–Crippen MR) is 89.8 cm³/mol. The van der Waals surface area contributed by atoms with Crippen molar-refractivity contribution in [1.82, 2.24) is 34.3 Å². The van der Waals surface area contributed by atoms with E-state index in [1.165, 1.54) is 0 Å². The maximum atomic E-state index is 4.47. The molecule has 1 N–H and O–H groups in total. The van der Waals surface area contributed by atoms with E-state index in [4.69, 9.17) is 0 Å². The van der Waals surface area contributed by atoms with E-state index in [1.807, 2.05) is 76.5 Å². The lowest BCUT2D eigenvalue weighted by Gasteiger charge is -2.21. The van der Waals surface area contributed by atoms with Gasteiger partial charge in [-0.3, -0.25) is 5.10 Å². The van der Waals surface area contributed by atoms with E-state index < -0.39 is 0 Å². The van der Waals surface area contributed by atoms with Gasteiger partial charge in [-0.15, -0.1) is 4.80 Å². The molecular weight excluding hydrogens is 302 g/mol. The molecule has 0 unspecified atom stereocenters.